The largest absolute Gasteiger partial charge is 0.327 e. The first-order valence-electron chi connectivity index (χ1n) is 3.35. The fourth-order valence-electron chi connectivity index (χ4n) is 0.512. The van der Waals surface area contributed by atoms with Crippen molar-refractivity contribution >= 4 is 18.3 Å². The second-order valence-corrected chi connectivity index (χ2v) is 1.97. The van der Waals surface area contributed by atoms with Crippen LogP contribution in [0.5, 0.6) is 0 Å². The molecule has 0 spiro atoms. The van der Waals surface area contributed by atoms with Crippen LogP contribution in [0, 0.1) is 0 Å². The Kier molecular flexibility index (Phi) is 5.25. The molecule has 0 radical (unpaired) electrons. The Bertz CT molecular complexity index is 201. The molecule has 4 amide bonds. The maximum atomic E-state index is 10.8. The number of amides is 4. The zero-order chi connectivity index (χ0) is 9.40. The molecule has 0 saturated carbocycles. The minimum atomic E-state index is -0.806. The maximum absolute atomic E-state index is 10.8. The minimum absolute atomic E-state index is 0.190. The van der Waals surface area contributed by atoms with Gasteiger partial charge in [0.2, 0.25) is 12.3 Å². The van der Waals surface area contributed by atoms with Crippen molar-refractivity contribution in [3.8, 4) is 0 Å². The van der Waals surface area contributed by atoms with Crippen molar-refractivity contribution in [3.05, 3.63) is 12.7 Å². The summed E-state index contributed by atoms with van der Waals surface area (Å²) in [5, 5.41) is 3.72. The molecule has 0 heterocycles. The van der Waals surface area contributed by atoms with E-state index in [4.69, 9.17) is 0 Å². The number of nitrogens with one attached hydrogen (secondary N) is 2. The van der Waals surface area contributed by atoms with Gasteiger partial charge < -0.3 is 0 Å². The lowest BCUT2D eigenvalue weighted by molar-refractivity contribution is -0.119. The predicted molar refractivity (Wildman–Crippen MR) is 42.2 cm³/mol. The van der Waals surface area contributed by atoms with Crippen LogP contribution < -0.4 is 10.6 Å². The Morgan fingerprint density at radius 3 is 2.58 bits per heavy atom. The van der Waals surface area contributed by atoms with E-state index in [-0.39, 0.29) is 12.8 Å². The molecule has 66 valence electrons. The number of urea groups is 1. The smallest absolute Gasteiger partial charge is 0.280 e. The van der Waals surface area contributed by atoms with E-state index in [0.717, 1.165) is 0 Å². The molecule has 0 unspecified atom stereocenters. The molecule has 0 aromatic carbocycles. The molecule has 0 aromatic heterocycles. The van der Waals surface area contributed by atoms with Gasteiger partial charge in [-0.05, 0) is 6.42 Å². The SMILES string of the molecule is C=CCCC(=O)NC(=O)NC=O. The highest BCUT2D eigenvalue weighted by Gasteiger charge is 2.04. The van der Waals surface area contributed by atoms with Gasteiger partial charge in [0.25, 0.3) is 0 Å². The van der Waals surface area contributed by atoms with Gasteiger partial charge in [-0.3, -0.25) is 20.2 Å². The first-order valence-corrected chi connectivity index (χ1v) is 3.35. The van der Waals surface area contributed by atoms with Gasteiger partial charge in [-0.15, -0.1) is 6.58 Å². The van der Waals surface area contributed by atoms with Crippen LogP contribution in [-0.2, 0) is 9.59 Å². The molecule has 0 aliphatic rings. The van der Waals surface area contributed by atoms with E-state index >= 15 is 0 Å². The van der Waals surface area contributed by atoms with E-state index in [0.29, 0.717) is 6.42 Å². The normalized spacial score (nSPS) is 8.33. The summed E-state index contributed by atoms with van der Waals surface area (Å²) in [4.78, 5) is 31.0. The molecule has 0 aliphatic carbocycles. The lowest BCUT2D eigenvalue weighted by Crippen LogP contribution is -2.38. The van der Waals surface area contributed by atoms with E-state index < -0.39 is 11.9 Å². The number of rotatable bonds is 4. The summed E-state index contributed by atoms with van der Waals surface area (Å²) in [5.74, 6) is -0.436. The maximum Gasteiger partial charge on any atom is 0.327 e. The molecule has 5 heteroatoms. The molecule has 0 aromatic rings. The molecular formula is C7H10N2O3. The molecule has 2 N–H and O–H groups in total. The van der Waals surface area contributed by atoms with Crippen molar-refractivity contribution in [2.45, 2.75) is 12.8 Å². The van der Waals surface area contributed by atoms with Crippen molar-refractivity contribution < 1.29 is 14.4 Å². The van der Waals surface area contributed by atoms with Crippen molar-refractivity contribution in [2.75, 3.05) is 0 Å². The number of imide groups is 2. The fraction of sp³-hybridized carbons (Fsp3) is 0.286. The third-order valence-electron chi connectivity index (χ3n) is 1.02. The molecule has 0 fully saturated rings. The Hall–Kier alpha value is -1.65. The predicted octanol–water partition coefficient (Wildman–Crippen LogP) is -0.0652. The molecule has 0 aliphatic heterocycles. The van der Waals surface area contributed by atoms with Gasteiger partial charge in [0.05, 0.1) is 0 Å². The molecule has 5 nitrogen and oxygen atoms in total. The molecule has 0 saturated heterocycles. The Labute approximate surface area is 69.8 Å². The van der Waals surface area contributed by atoms with Crippen molar-refractivity contribution in [3.63, 3.8) is 0 Å². The van der Waals surface area contributed by atoms with Gasteiger partial charge in [0, 0.05) is 6.42 Å². The second-order valence-electron chi connectivity index (χ2n) is 1.97. The van der Waals surface area contributed by atoms with E-state index in [9.17, 15) is 14.4 Å². The van der Waals surface area contributed by atoms with Crippen LogP contribution in [0.4, 0.5) is 4.79 Å². The zero-order valence-corrected chi connectivity index (χ0v) is 6.50. The van der Waals surface area contributed by atoms with Gasteiger partial charge in [-0.25, -0.2) is 4.79 Å². The molecule has 0 atom stereocenters. The summed E-state index contributed by atoms with van der Waals surface area (Å²) in [6.45, 7) is 3.41. The minimum Gasteiger partial charge on any atom is -0.280 e. The second kappa shape index (κ2) is 6.09. The van der Waals surface area contributed by atoms with E-state index in [2.05, 4.69) is 6.58 Å². The van der Waals surface area contributed by atoms with E-state index in [1.165, 1.54) is 0 Å². The quantitative estimate of drug-likeness (QED) is 0.458. The summed E-state index contributed by atoms with van der Waals surface area (Å²) >= 11 is 0. The summed E-state index contributed by atoms with van der Waals surface area (Å²) in [6.07, 6.45) is 2.46. The summed E-state index contributed by atoms with van der Waals surface area (Å²) in [7, 11) is 0. The van der Waals surface area contributed by atoms with Crippen LogP contribution in [0.1, 0.15) is 12.8 Å². The first kappa shape index (κ1) is 10.3. The van der Waals surface area contributed by atoms with Crippen LogP contribution in [-0.4, -0.2) is 18.3 Å². The number of carbonyl (C=O) groups excluding carboxylic acids is 3. The molecule has 0 bridgehead atoms. The van der Waals surface area contributed by atoms with Crippen LogP contribution >= 0.6 is 0 Å². The number of carbonyl (C=O) groups is 3. The van der Waals surface area contributed by atoms with Crippen molar-refractivity contribution in [2.24, 2.45) is 0 Å². The van der Waals surface area contributed by atoms with Gasteiger partial charge in [-0.2, -0.15) is 0 Å². The Morgan fingerprint density at radius 2 is 2.08 bits per heavy atom. The van der Waals surface area contributed by atoms with Gasteiger partial charge in [0.1, 0.15) is 0 Å². The van der Waals surface area contributed by atoms with E-state index in [1.807, 2.05) is 5.32 Å². The molecule has 0 rings (SSSR count). The summed E-state index contributed by atoms with van der Waals surface area (Å²) in [6, 6.07) is -0.806. The van der Waals surface area contributed by atoms with Gasteiger partial charge in [-0.1, -0.05) is 6.08 Å². The third-order valence-corrected chi connectivity index (χ3v) is 1.02. The van der Waals surface area contributed by atoms with Crippen LogP contribution in [0.3, 0.4) is 0 Å². The Morgan fingerprint density at radius 1 is 1.42 bits per heavy atom. The first-order chi connectivity index (χ1) is 5.70. The molecule has 12 heavy (non-hydrogen) atoms. The number of allylic oxidation sites excluding steroid dienone is 1. The van der Waals surface area contributed by atoms with E-state index in [1.54, 1.807) is 11.4 Å². The lowest BCUT2D eigenvalue weighted by atomic mass is 10.3. The highest BCUT2D eigenvalue weighted by atomic mass is 16.2. The van der Waals surface area contributed by atoms with Crippen LogP contribution in [0.25, 0.3) is 0 Å². The van der Waals surface area contributed by atoms with Crippen molar-refractivity contribution in [1.29, 1.82) is 0 Å². The van der Waals surface area contributed by atoms with Gasteiger partial charge >= 0.3 is 6.03 Å². The highest BCUT2D eigenvalue weighted by Crippen LogP contribution is 1.87. The lowest BCUT2D eigenvalue weighted by Gasteiger charge is -1.99. The monoisotopic (exact) mass is 170 g/mol. The van der Waals surface area contributed by atoms with Crippen molar-refractivity contribution in [1.82, 2.24) is 10.6 Å². The average molecular weight is 170 g/mol. The summed E-state index contributed by atoms with van der Waals surface area (Å²) < 4.78 is 0. The van der Waals surface area contributed by atoms with Gasteiger partial charge in [0.15, 0.2) is 0 Å². The zero-order valence-electron chi connectivity index (χ0n) is 6.50. The standard InChI is InChI=1S/C7H10N2O3/c1-2-3-4-6(11)9-7(12)8-5-10/h2,5H,1,3-4H2,(H2,8,9,10,11,12). The van der Waals surface area contributed by atoms with Crippen LogP contribution in [0.2, 0.25) is 0 Å². The Balaban J connectivity index is 3.60. The third kappa shape index (κ3) is 5.16. The number of hydrogen-bond acceptors (Lipinski definition) is 3. The summed E-state index contributed by atoms with van der Waals surface area (Å²) in [5.41, 5.74) is 0. The van der Waals surface area contributed by atoms with Crippen LogP contribution in [0.15, 0.2) is 12.7 Å². The highest BCUT2D eigenvalue weighted by molar-refractivity contribution is 5.97. The molecular weight excluding hydrogens is 160 g/mol. The fourth-order valence-corrected chi connectivity index (χ4v) is 0.512. The number of hydrogen-bond donors (Lipinski definition) is 2. The average Bonchev–Trinajstić information content (AvgIpc) is 2.01. The topological polar surface area (TPSA) is 75.3 Å².